The molecule has 2 saturated heterocycles. The van der Waals surface area contributed by atoms with Gasteiger partial charge in [0.25, 0.3) is 5.91 Å². The summed E-state index contributed by atoms with van der Waals surface area (Å²) in [4.78, 5) is 16.8. The molecule has 0 radical (unpaired) electrons. The standard InChI is InChI=1S/C15H29N3O3/c1-3-20-10-11-21-13(2)15(19)18-7-4-14(12-18)17-8-5-16-6-9-17/h13-14,16H,3-12H2,1-2H3. The van der Waals surface area contributed by atoms with E-state index in [-0.39, 0.29) is 12.0 Å². The largest absolute Gasteiger partial charge is 0.379 e. The number of nitrogens with one attached hydrogen (secondary N) is 1. The van der Waals surface area contributed by atoms with Gasteiger partial charge in [0.15, 0.2) is 0 Å². The summed E-state index contributed by atoms with van der Waals surface area (Å²) in [6.45, 7) is 11.5. The van der Waals surface area contributed by atoms with Crippen LogP contribution in [0.25, 0.3) is 0 Å². The number of amides is 1. The van der Waals surface area contributed by atoms with Crippen LogP contribution in [0, 0.1) is 0 Å². The Balaban J connectivity index is 1.70. The van der Waals surface area contributed by atoms with Crippen LogP contribution in [0.4, 0.5) is 0 Å². The number of hydrogen-bond acceptors (Lipinski definition) is 5. The molecule has 2 atom stereocenters. The molecular weight excluding hydrogens is 270 g/mol. The summed E-state index contributed by atoms with van der Waals surface area (Å²) in [5, 5.41) is 3.37. The highest BCUT2D eigenvalue weighted by Crippen LogP contribution is 2.17. The van der Waals surface area contributed by atoms with Gasteiger partial charge < -0.3 is 19.7 Å². The Morgan fingerprint density at radius 2 is 2.05 bits per heavy atom. The van der Waals surface area contributed by atoms with Crippen molar-refractivity contribution in [2.75, 3.05) is 59.1 Å². The van der Waals surface area contributed by atoms with E-state index in [1.165, 1.54) is 0 Å². The Hall–Kier alpha value is -0.690. The zero-order valence-corrected chi connectivity index (χ0v) is 13.3. The van der Waals surface area contributed by atoms with Crippen molar-refractivity contribution in [3.63, 3.8) is 0 Å². The molecular formula is C15H29N3O3. The summed E-state index contributed by atoms with van der Waals surface area (Å²) in [5.41, 5.74) is 0. The number of carbonyl (C=O) groups is 1. The molecule has 6 nitrogen and oxygen atoms in total. The molecule has 1 N–H and O–H groups in total. The minimum Gasteiger partial charge on any atom is -0.379 e. The van der Waals surface area contributed by atoms with Gasteiger partial charge in [-0.2, -0.15) is 0 Å². The topological polar surface area (TPSA) is 54.0 Å². The van der Waals surface area contributed by atoms with E-state index >= 15 is 0 Å². The number of carbonyl (C=O) groups excluding carboxylic acids is 1. The van der Waals surface area contributed by atoms with Gasteiger partial charge in [-0.05, 0) is 20.3 Å². The van der Waals surface area contributed by atoms with Crippen molar-refractivity contribution in [3.05, 3.63) is 0 Å². The maximum Gasteiger partial charge on any atom is 0.251 e. The molecule has 2 heterocycles. The maximum absolute atomic E-state index is 12.4. The zero-order chi connectivity index (χ0) is 15.1. The lowest BCUT2D eigenvalue weighted by Gasteiger charge is -2.32. The van der Waals surface area contributed by atoms with Gasteiger partial charge in [-0.25, -0.2) is 0 Å². The van der Waals surface area contributed by atoms with Crippen LogP contribution in [0.5, 0.6) is 0 Å². The lowest BCUT2D eigenvalue weighted by molar-refractivity contribution is -0.142. The highest BCUT2D eigenvalue weighted by Gasteiger charge is 2.32. The zero-order valence-electron chi connectivity index (χ0n) is 13.3. The molecule has 0 aromatic heterocycles. The molecule has 0 aliphatic carbocycles. The molecule has 0 aromatic carbocycles. The number of ether oxygens (including phenoxy) is 2. The Labute approximate surface area is 127 Å². The van der Waals surface area contributed by atoms with E-state index in [0.717, 1.165) is 45.7 Å². The van der Waals surface area contributed by atoms with Crippen molar-refractivity contribution in [2.24, 2.45) is 0 Å². The van der Waals surface area contributed by atoms with Crippen molar-refractivity contribution in [1.82, 2.24) is 15.1 Å². The van der Waals surface area contributed by atoms with Crippen molar-refractivity contribution in [3.8, 4) is 0 Å². The van der Waals surface area contributed by atoms with Gasteiger partial charge in [0.1, 0.15) is 6.10 Å². The molecule has 0 saturated carbocycles. The molecule has 6 heteroatoms. The van der Waals surface area contributed by atoms with E-state index < -0.39 is 0 Å². The Bertz CT molecular complexity index is 321. The van der Waals surface area contributed by atoms with Crippen LogP contribution in [0.1, 0.15) is 20.3 Å². The van der Waals surface area contributed by atoms with Gasteiger partial charge >= 0.3 is 0 Å². The van der Waals surface area contributed by atoms with Crippen molar-refractivity contribution in [1.29, 1.82) is 0 Å². The van der Waals surface area contributed by atoms with Gasteiger partial charge in [-0.15, -0.1) is 0 Å². The van der Waals surface area contributed by atoms with E-state index in [1.54, 1.807) is 0 Å². The number of likely N-dealkylation sites (tertiary alicyclic amines) is 1. The van der Waals surface area contributed by atoms with Gasteiger partial charge in [0.05, 0.1) is 13.2 Å². The van der Waals surface area contributed by atoms with E-state index in [9.17, 15) is 4.79 Å². The second-order valence-electron chi connectivity index (χ2n) is 5.72. The SMILES string of the molecule is CCOCCOC(C)C(=O)N1CCC(N2CCNCC2)C1. The van der Waals surface area contributed by atoms with Gasteiger partial charge in [0.2, 0.25) is 0 Å². The van der Waals surface area contributed by atoms with Gasteiger partial charge in [-0.1, -0.05) is 0 Å². The van der Waals surface area contributed by atoms with Crippen LogP contribution < -0.4 is 5.32 Å². The third-order valence-electron chi connectivity index (χ3n) is 4.29. The molecule has 2 unspecified atom stereocenters. The second kappa shape index (κ2) is 8.68. The molecule has 21 heavy (non-hydrogen) atoms. The fourth-order valence-corrected chi connectivity index (χ4v) is 3.04. The highest BCUT2D eigenvalue weighted by atomic mass is 16.5. The summed E-state index contributed by atoms with van der Waals surface area (Å²) in [5.74, 6) is 0.115. The number of piperazine rings is 1. The van der Waals surface area contributed by atoms with Crippen molar-refractivity contribution in [2.45, 2.75) is 32.4 Å². The van der Waals surface area contributed by atoms with Gasteiger partial charge in [0, 0.05) is 51.9 Å². The van der Waals surface area contributed by atoms with E-state index in [1.807, 2.05) is 18.7 Å². The Morgan fingerprint density at radius 3 is 2.76 bits per heavy atom. The van der Waals surface area contributed by atoms with E-state index in [4.69, 9.17) is 9.47 Å². The quantitative estimate of drug-likeness (QED) is 0.667. The van der Waals surface area contributed by atoms with Crippen LogP contribution in [0.3, 0.4) is 0 Å². The van der Waals surface area contributed by atoms with Crippen LogP contribution in [0.15, 0.2) is 0 Å². The molecule has 2 aliphatic rings. The molecule has 122 valence electrons. The lowest BCUT2D eigenvalue weighted by Crippen LogP contribution is -2.49. The molecule has 0 bridgehead atoms. The first-order valence-corrected chi connectivity index (χ1v) is 8.15. The fourth-order valence-electron chi connectivity index (χ4n) is 3.04. The first-order valence-electron chi connectivity index (χ1n) is 8.15. The normalized spacial score (nSPS) is 25.2. The van der Waals surface area contributed by atoms with Crippen molar-refractivity contribution >= 4 is 5.91 Å². The molecule has 1 amide bonds. The van der Waals surface area contributed by atoms with Crippen LogP contribution in [0.2, 0.25) is 0 Å². The number of hydrogen-bond donors (Lipinski definition) is 1. The van der Waals surface area contributed by atoms with Gasteiger partial charge in [-0.3, -0.25) is 9.69 Å². The highest BCUT2D eigenvalue weighted by molar-refractivity contribution is 5.80. The molecule has 0 spiro atoms. The fraction of sp³-hybridized carbons (Fsp3) is 0.933. The molecule has 2 rings (SSSR count). The molecule has 0 aromatic rings. The third kappa shape index (κ3) is 4.92. The molecule has 2 fully saturated rings. The van der Waals surface area contributed by atoms with E-state index in [2.05, 4.69) is 10.2 Å². The predicted octanol–water partition coefficient (Wildman–Crippen LogP) is -0.0659. The maximum atomic E-state index is 12.4. The van der Waals surface area contributed by atoms with Crippen LogP contribution >= 0.6 is 0 Å². The average molecular weight is 299 g/mol. The van der Waals surface area contributed by atoms with Crippen LogP contribution in [-0.2, 0) is 14.3 Å². The Morgan fingerprint density at radius 1 is 1.29 bits per heavy atom. The van der Waals surface area contributed by atoms with Crippen LogP contribution in [-0.4, -0.2) is 86.9 Å². The first kappa shape index (κ1) is 16.7. The minimum absolute atomic E-state index is 0.115. The molecule has 2 aliphatic heterocycles. The smallest absolute Gasteiger partial charge is 0.251 e. The summed E-state index contributed by atoms with van der Waals surface area (Å²) in [7, 11) is 0. The summed E-state index contributed by atoms with van der Waals surface area (Å²) in [6, 6.07) is 0.520. The summed E-state index contributed by atoms with van der Waals surface area (Å²) >= 11 is 0. The summed E-state index contributed by atoms with van der Waals surface area (Å²) < 4.78 is 10.8. The Kier molecular flexibility index (Phi) is 6.89. The number of rotatable bonds is 7. The predicted molar refractivity (Wildman–Crippen MR) is 81.3 cm³/mol. The third-order valence-corrected chi connectivity index (χ3v) is 4.29. The first-order chi connectivity index (χ1) is 10.2. The monoisotopic (exact) mass is 299 g/mol. The van der Waals surface area contributed by atoms with E-state index in [0.29, 0.717) is 25.9 Å². The second-order valence-corrected chi connectivity index (χ2v) is 5.72. The lowest BCUT2D eigenvalue weighted by atomic mass is 10.2. The minimum atomic E-state index is -0.368. The van der Waals surface area contributed by atoms with Crippen molar-refractivity contribution < 1.29 is 14.3 Å². The summed E-state index contributed by atoms with van der Waals surface area (Å²) in [6.07, 6.45) is 0.712. The average Bonchev–Trinajstić information content (AvgIpc) is 3.01. The number of nitrogens with zero attached hydrogens (tertiary/aromatic N) is 2.